The second-order valence-corrected chi connectivity index (χ2v) is 9.45. The fraction of sp³-hybridized carbons (Fsp3) is 0.348. The van der Waals surface area contributed by atoms with Gasteiger partial charge in [0.1, 0.15) is 10.8 Å². The van der Waals surface area contributed by atoms with Crippen molar-refractivity contribution in [2.75, 3.05) is 38.7 Å². The summed E-state index contributed by atoms with van der Waals surface area (Å²) in [5.74, 6) is 0.784. The number of amides is 1. The van der Waals surface area contributed by atoms with E-state index in [1.165, 1.54) is 32.9 Å². The molecule has 1 N–H and O–H groups in total. The molecule has 1 saturated heterocycles. The van der Waals surface area contributed by atoms with Crippen molar-refractivity contribution in [3.05, 3.63) is 68.2 Å². The number of methoxy groups -OCH3 is 1. The van der Waals surface area contributed by atoms with Gasteiger partial charge in [-0.1, -0.05) is 18.2 Å². The first kappa shape index (κ1) is 21.1. The average molecular weight is 443 g/mol. The molecule has 1 fully saturated rings. The molecule has 1 amide bonds. The number of morpholine rings is 1. The Morgan fingerprint density at radius 2 is 1.90 bits per heavy atom. The number of thiophene rings is 2. The molecule has 3 heterocycles. The van der Waals surface area contributed by atoms with Gasteiger partial charge in [-0.3, -0.25) is 9.69 Å². The molecule has 1 aromatic carbocycles. The SMILES string of the molecule is COc1ccc([C@@H](c2c(NC(=O)c3cccs3)sc(C)c2C)N2CCOCC2)cc1. The maximum absolute atomic E-state index is 12.8. The number of nitrogens with zero attached hydrogens (tertiary/aromatic N) is 1. The summed E-state index contributed by atoms with van der Waals surface area (Å²) in [4.78, 5) is 17.2. The fourth-order valence-electron chi connectivity index (χ4n) is 3.82. The lowest BCUT2D eigenvalue weighted by Crippen LogP contribution is -2.39. The van der Waals surface area contributed by atoms with Crippen molar-refractivity contribution in [1.82, 2.24) is 4.90 Å². The molecule has 1 atom stereocenters. The molecule has 5 nitrogen and oxygen atoms in total. The number of aryl methyl sites for hydroxylation is 1. The molecule has 0 aliphatic carbocycles. The maximum Gasteiger partial charge on any atom is 0.266 e. The Labute approximate surface area is 185 Å². The standard InChI is InChI=1S/C23H26N2O3S2/c1-15-16(2)30-23(24-22(26)19-5-4-14-29-19)20(15)21(25-10-12-28-13-11-25)17-6-8-18(27-3)9-7-17/h4-9,14,21H,10-13H2,1-3H3,(H,24,26)/t21-/m0/s1. The number of ether oxygens (including phenoxy) is 2. The Morgan fingerprint density at radius 1 is 1.17 bits per heavy atom. The highest BCUT2D eigenvalue weighted by molar-refractivity contribution is 7.17. The van der Waals surface area contributed by atoms with Crippen LogP contribution in [0.3, 0.4) is 0 Å². The number of benzene rings is 1. The maximum atomic E-state index is 12.8. The fourth-order valence-corrected chi connectivity index (χ4v) is 5.53. The van der Waals surface area contributed by atoms with Crippen molar-refractivity contribution < 1.29 is 14.3 Å². The topological polar surface area (TPSA) is 50.8 Å². The van der Waals surface area contributed by atoms with E-state index >= 15 is 0 Å². The van der Waals surface area contributed by atoms with E-state index in [2.05, 4.69) is 36.2 Å². The molecule has 3 aromatic rings. The molecule has 0 saturated carbocycles. The summed E-state index contributed by atoms with van der Waals surface area (Å²) in [6.45, 7) is 7.40. The van der Waals surface area contributed by atoms with Gasteiger partial charge in [-0.15, -0.1) is 22.7 Å². The van der Waals surface area contributed by atoms with Crippen molar-refractivity contribution in [3.63, 3.8) is 0 Å². The zero-order valence-electron chi connectivity index (χ0n) is 17.4. The summed E-state index contributed by atoms with van der Waals surface area (Å²) in [7, 11) is 1.68. The van der Waals surface area contributed by atoms with Crippen LogP contribution in [0.15, 0.2) is 41.8 Å². The second-order valence-electron chi connectivity index (χ2n) is 7.28. The van der Waals surface area contributed by atoms with Gasteiger partial charge in [0.15, 0.2) is 0 Å². The summed E-state index contributed by atoms with van der Waals surface area (Å²) in [6, 6.07) is 12.0. The van der Waals surface area contributed by atoms with Gasteiger partial charge in [0.05, 0.1) is 31.2 Å². The third-order valence-corrected chi connectivity index (χ3v) is 7.53. The van der Waals surface area contributed by atoms with E-state index in [-0.39, 0.29) is 11.9 Å². The third-order valence-electron chi connectivity index (χ3n) is 5.52. The number of anilines is 1. The van der Waals surface area contributed by atoms with Crippen molar-refractivity contribution in [2.45, 2.75) is 19.9 Å². The van der Waals surface area contributed by atoms with Crippen LogP contribution in [0.25, 0.3) is 0 Å². The third kappa shape index (κ3) is 4.30. The minimum Gasteiger partial charge on any atom is -0.497 e. The van der Waals surface area contributed by atoms with E-state index in [1.807, 2.05) is 29.6 Å². The highest BCUT2D eigenvalue weighted by Gasteiger charge is 2.30. The minimum atomic E-state index is -0.0528. The van der Waals surface area contributed by atoms with Crippen molar-refractivity contribution in [2.24, 2.45) is 0 Å². The number of carbonyl (C=O) groups excluding carboxylic acids is 1. The molecule has 7 heteroatoms. The Morgan fingerprint density at radius 3 is 2.53 bits per heavy atom. The molecule has 30 heavy (non-hydrogen) atoms. The van der Waals surface area contributed by atoms with E-state index < -0.39 is 0 Å². The molecule has 4 rings (SSSR count). The first-order chi connectivity index (χ1) is 14.6. The van der Waals surface area contributed by atoms with Crippen LogP contribution in [0.2, 0.25) is 0 Å². The van der Waals surface area contributed by atoms with Crippen molar-refractivity contribution in [1.29, 1.82) is 0 Å². The van der Waals surface area contributed by atoms with Gasteiger partial charge in [-0.2, -0.15) is 0 Å². The van der Waals surface area contributed by atoms with E-state index in [0.717, 1.165) is 28.7 Å². The Hall–Kier alpha value is -2.19. The van der Waals surface area contributed by atoms with Gasteiger partial charge in [0.25, 0.3) is 5.91 Å². The number of hydrogen-bond acceptors (Lipinski definition) is 6. The molecule has 0 bridgehead atoms. The average Bonchev–Trinajstić information content (AvgIpc) is 3.40. The number of rotatable bonds is 6. The Kier molecular flexibility index (Phi) is 6.53. The van der Waals surface area contributed by atoms with Crippen LogP contribution in [-0.2, 0) is 4.74 Å². The molecule has 0 spiro atoms. The van der Waals surface area contributed by atoms with Gasteiger partial charge < -0.3 is 14.8 Å². The van der Waals surface area contributed by atoms with E-state index in [4.69, 9.17) is 9.47 Å². The van der Waals surface area contributed by atoms with Crippen LogP contribution in [0.1, 0.15) is 37.3 Å². The zero-order chi connectivity index (χ0) is 21.1. The summed E-state index contributed by atoms with van der Waals surface area (Å²) in [6.07, 6.45) is 0. The number of hydrogen-bond donors (Lipinski definition) is 1. The first-order valence-electron chi connectivity index (χ1n) is 9.99. The Balaban J connectivity index is 1.76. The lowest BCUT2D eigenvalue weighted by Gasteiger charge is -2.35. The van der Waals surface area contributed by atoms with Crippen molar-refractivity contribution >= 4 is 33.6 Å². The second kappa shape index (κ2) is 9.31. The van der Waals surface area contributed by atoms with Gasteiger partial charge in [0, 0.05) is 23.5 Å². The van der Waals surface area contributed by atoms with Gasteiger partial charge in [-0.05, 0) is 48.6 Å². The number of nitrogens with one attached hydrogen (secondary N) is 1. The summed E-state index contributed by atoms with van der Waals surface area (Å²) in [5, 5.41) is 6.05. The highest BCUT2D eigenvalue weighted by atomic mass is 32.1. The Bertz CT molecular complexity index is 990. The van der Waals surface area contributed by atoms with E-state index in [9.17, 15) is 4.79 Å². The van der Waals surface area contributed by atoms with E-state index in [0.29, 0.717) is 13.2 Å². The van der Waals surface area contributed by atoms with Gasteiger partial charge >= 0.3 is 0 Å². The smallest absolute Gasteiger partial charge is 0.266 e. The highest BCUT2D eigenvalue weighted by Crippen LogP contribution is 2.43. The van der Waals surface area contributed by atoms with E-state index in [1.54, 1.807) is 18.4 Å². The predicted octanol–water partition coefficient (Wildman–Crippen LogP) is 5.11. The molecule has 0 unspecified atom stereocenters. The summed E-state index contributed by atoms with van der Waals surface area (Å²) in [5.41, 5.74) is 3.59. The lowest BCUT2D eigenvalue weighted by atomic mass is 9.94. The summed E-state index contributed by atoms with van der Waals surface area (Å²) >= 11 is 3.11. The normalized spacial score (nSPS) is 15.7. The van der Waals surface area contributed by atoms with Crippen molar-refractivity contribution in [3.8, 4) is 5.75 Å². The monoisotopic (exact) mass is 442 g/mol. The van der Waals surface area contributed by atoms with Crippen LogP contribution in [0.5, 0.6) is 5.75 Å². The number of carbonyl (C=O) groups is 1. The quantitative estimate of drug-likeness (QED) is 0.576. The molecular weight excluding hydrogens is 416 g/mol. The summed E-state index contributed by atoms with van der Waals surface area (Å²) < 4.78 is 11.0. The van der Waals surface area contributed by atoms with Crippen LogP contribution >= 0.6 is 22.7 Å². The van der Waals surface area contributed by atoms with Gasteiger partial charge in [-0.25, -0.2) is 0 Å². The molecular formula is C23H26N2O3S2. The van der Waals surface area contributed by atoms with Crippen LogP contribution in [0.4, 0.5) is 5.00 Å². The molecule has 1 aliphatic rings. The molecule has 0 radical (unpaired) electrons. The largest absolute Gasteiger partial charge is 0.497 e. The van der Waals surface area contributed by atoms with Gasteiger partial charge in [0.2, 0.25) is 0 Å². The molecule has 158 valence electrons. The van der Waals surface area contributed by atoms with Crippen LogP contribution < -0.4 is 10.1 Å². The minimum absolute atomic E-state index is 0.0448. The molecule has 2 aromatic heterocycles. The zero-order valence-corrected chi connectivity index (χ0v) is 19.1. The lowest BCUT2D eigenvalue weighted by molar-refractivity contribution is 0.0240. The predicted molar refractivity (Wildman–Crippen MR) is 123 cm³/mol. The first-order valence-corrected chi connectivity index (χ1v) is 11.7. The van der Waals surface area contributed by atoms with Crippen LogP contribution in [-0.4, -0.2) is 44.2 Å². The van der Waals surface area contributed by atoms with Crippen LogP contribution in [0, 0.1) is 13.8 Å². The molecule has 1 aliphatic heterocycles.